The van der Waals surface area contributed by atoms with Crippen LogP contribution in [0.1, 0.15) is 12.6 Å². The molecule has 2 atom stereocenters. The van der Waals surface area contributed by atoms with E-state index >= 15 is 0 Å². The van der Waals surface area contributed by atoms with Crippen LogP contribution in [0.25, 0.3) is 0 Å². The molecule has 0 aliphatic heterocycles. The standard InChI is InChI=1S/C12H15BrN2O3/c1-8(7-18-12(14)17)9(6-16)5-10-3-2-4-11(13)15-10/h2-4,6,8-9H,5,7H2,1H3,(H2,14,17). The van der Waals surface area contributed by atoms with Gasteiger partial charge in [0.15, 0.2) is 0 Å². The van der Waals surface area contributed by atoms with Gasteiger partial charge in [0.2, 0.25) is 0 Å². The summed E-state index contributed by atoms with van der Waals surface area (Å²) in [5, 5.41) is 0. The molecular weight excluding hydrogens is 300 g/mol. The highest BCUT2D eigenvalue weighted by Gasteiger charge is 2.19. The summed E-state index contributed by atoms with van der Waals surface area (Å²) in [5.41, 5.74) is 5.70. The lowest BCUT2D eigenvalue weighted by Gasteiger charge is -2.17. The zero-order chi connectivity index (χ0) is 13.5. The number of carbonyl (C=O) groups excluding carboxylic acids is 2. The first-order chi connectivity index (χ1) is 8.52. The SMILES string of the molecule is CC(COC(N)=O)C(C=O)Cc1cccc(Br)n1. The molecule has 1 aromatic heterocycles. The highest BCUT2D eigenvalue weighted by Crippen LogP contribution is 2.16. The average Bonchev–Trinajstić information content (AvgIpc) is 2.33. The molecule has 98 valence electrons. The van der Waals surface area contributed by atoms with Gasteiger partial charge in [-0.25, -0.2) is 9.78 Å². The van der Waals surface area contributed by atoms with Gasteiger partial charge in [-0.15, -0.1) is 0 Å². The van der Waals surface area contributed by atoms with Gasteiger partial charge in [-0.3, -0.25) is 0 Å². The molecule has 6 heteroatoms. The first kappa shape index (κ1) is 14.6. The van der Waals surface area contributed by atoms with Crippen LogP contribution in [0, 0.1) is 11.8 Å². The van der Waals surface area contributed by atoms with Crippen molar-refractivity contribution in [2.75, 3.05) is 6.61 Å². The first-order valence-electron chi connectivity index (χ1n) is 5.52. The number of hydrogen-bond acceptors (Lipinski definition) is 4. The van der Waals surface area contributed by atoms with Crippen molar-refractivity contribution in [2.24, 2.45) is 17.6 Å². The molecule has 0 aliphatic rings. The van der Waals surface area contributed by atoms with Gasteiger partial charge in [-0.05, 0) is 34.5 Å². The van der Waals surface area contributed by atoms with Crippen LogP contribution in [0.5, 0.6) is 0 Å². The van der Waals surface area contributed by atoms with Crippen LogP contribution < -0.4 is 5.73 Å². The molecule has 1 rings (SSSR count). The Morgan fingerprint density at radius 2 is 2.33 bits per heavy atom. The van der Waals surface area contributed by atoms with Crippen molar-refractivity contribution in [2.45, 2.75) is 13.3 Å². The Kier molecular flexibility index (Phi) is 5.77. The lowest BCUT2D eigenvalue weighted by Crippen LogP contribution is -2.24. The van der Waals surface area contributed by atoms with Gasteiger partial charge in [-0.1, -0.05) is 13.0 Å². The minimum Gasteiger partial charge on any atom is -0.449 e. The van der Waals surface area contributed by atoms with E-state index in [0.29, 0.717) is 6.42 Å². The van der Waals surface area contributed by atoms with E-state index in [-0.39, 0.29) is 18.4 Å². The summed E-state index contributed by atoms with van der Waals surface area (Å²) < 4.78 is 5.43. The molecule has 0 radical (unpaired) electrons. The third kappa shape index (κ3) is 4.83. The topological polar surface area (TPSA) is 82.3 Å². The van der Waals surface area contributed by atoms with Crippen molar-refractivity contribution in [3.05, 3.63) is 28.5 Å². The maximum absolute atomic E-state index is 11.1. The van der Waals surface area contributed by atoms with Gasteiger partial charge in [-0.2, -0.15) is 0 Å². The number of amides is 1. The molecule has 1 aromatic rings. The fraction of sp³-hybridized carbons (Fsp3) is 0.417. The average molecular weight is 315 g/mol. The lowest BCUT2D eigenvalue weighted by atomic mass is 9.91. The van der Waals surface area contributed by atoms with Crippen molar-refractivity contribution in [3.63, 3.8) is 0 Å². The van der Waals surface area contributed by atoms with Gasteiger partial charge in [0.25, 0.3) is 0 Å². The number of hydrogen-bond donors (Lipinski definition) is 1. The number of ether oxygens (including phenoxy) is 1. The van der Waals surface area contributed by atoms with Gasteiger partial charge in [0.1, 0.15) is 10.9 Å². The maximum Gasteiger partial charge on any atom is 0.404 e. The number of primary amides is 1. The number of pyridine rings is 1. The molecule has 1 amide bonds. The van der Waals surface area contributed by atoms with Crippen LogP contribution in [0.4, 0.5) is 4.79 Å². The van der Waals surface area contributed by atoms with E-state index < -0.39 is 6.09 Å². The van der Waals surface area contributed by atoms with Crippen LogP contribution in [0.15, 0.2) is 22.8 Å². The predicted octanol–water partition coefficient (Wildman–Crippen LogP) is 1.93. The second-order valence-corrected chi connectivity index (χ2v) is 4.88. The van der Waals surface area contributed by atoms with Crippen LogP contribution >= 0.6 is 15.9 Å². The molecule has 5 nitrogen and oxygen atoms in total. The summed E-state index contributed by atoms with van der Waals surface area (Å²) >= 11 is 3.28. The highest BCUT2D eigenvalue weighted by atomic mass is 79.9. The van der Waals surface area contributed by atoms with Crippen molar-refractivity contribution in [1.82, 2.24) is 4.98 Å². The molecule has 0 aliphatic carbocycles. The number of nitrogens with zero attached hydrogens (tertiary/aromatic N) is 1. The van der Waals surface area contributed by atoms with Gasteiger partial charge >= 0.3 is 6.09 Å². The van der Waals surface area contributed by atoms with Crippen molar-refractivity contribution >= 4 is 28.3 Å². The fourth-order valence-electron chi connectivity index (χ4n) is 1.53. The minimum absolute atomic E-state index is 0.101. The summed E-state index contributed by atoms with van der Waals surface area (Å²) in [6.45, 7) is 1.97. The Balaban J connectivity index is 2.61. The van der Waals surface area contributed by atoms with E-state index in [1.165, 1.54) is 0 Å². The zero-order valence-electron chi connectivity index (χ0n) is 10.0. The van der Waals surface area contributed by atoms with Crippen LogP contribution in [0.3, 0.4) is 0 Å². The van der Waals surface area contributed by atoms with Gasteiger partial charge in [0.05, 0.1) is 6.61 Å². The summed E-state index contributed by atoms with van der Waals surface area (Å²) in [6.07, 6.45) is 0.538. The second-order valence-electron chi connectivity index (χ2n) is 4.06. The van der Waals surface area contributed by atoms with Crippen molar-refractivity contribution < 1.29 is 14.3 Å². The molecular formula is C12H15BrN2O3. The molecule has 0 aromatic carbocycles. The molecule has 2 unspecified atom stereocenters. The minimum atomic E-state index is -0.827. The van der Waals surface area contributed by atoms with Crippen LogP contribution in [-0.4, -0.2) is 24.0 Å². The van der Waals surface area contributed by atoms with E-state index in [1.807, 2.05) is 25.1 Å². The smallest absolute Gasteiger partial charge is 0.404 e. The molecule has 0 spiro atoms. The summed E-state index contributed by atoms with van der Waals surface area (Å²) in [6, 6.07) is 5.53. The number of carbonyl (C=O) groups is 2. The van der Waals surface area contributed by atoms with E-state index in [4.69, 9.17) is 10.5 Å². The van der Waals surface area contributed by atoms with E-state index in [1.54, 1.807) is 0 Å². The second kappa shape index (κ2) is 7.10. The van der Waals surface area contributed by atoms with Crippen LogP contribution in [0.2, 0.25) is 0 Å². The number of aldehydes is 1. The maximum atomic E-state index is 11.1. The fourth-order valence-corrected chi connectivity index (χ4v) is 1.91. The summed E-state index contributed by atoms with van der Waals surface area (Å²) in [5.74, 6) is -0.359. The van der Waals surface area contributed by atoms with Crippen LogP contribution in [-0.2, 0) is 16.0 Å². The largest absolute Gasteiger partial charge is 0.449 e. The third-order valence-electron chi connectivity index (χ3n) is 2.61. The number of halogens is 1. The summed E-state index contributed by atoms with van der Waals surface area (Å²) in [7, 11) is 0. The Morgan fingerprint density at radius 3 is 2.89 bits per heavy atom. The molecule has 2 N–H and O–H groups in total. The monoisotopic (exact) mass is 314 g/mol. The van der Waals surface area contributed by atoms with E-state index in [2.05, 4.69) is 20.9 Å². The molecule has 0 saturated carbocycles. The quantitative estimate of drug-likeness (QED) is 0.642. The van der Waals surface area contributed by atoms with Gasteiger partial charge in [0, 0.05) is 17.5 Å². The molecule has 0 fully saturated rings. The molecule has 0 bridgehead atoms. The van der Waals surface area contributed by atoms with E-state index in [0.717, 1.165) is 16.6 Å². The number of rotatable bonds is 6. The Labute approximate surface area is 114 Å². The number of nitrogens with two attached hydrogens (primary N) is 1. The normalized spacial score (nSPS) is 13.7. The number of aromatic nitrogens is 1. The first-order valence-corrected chi connectivity index (χ1v) is 6.31. The Morgan fingerprint density at radius 1 is 1.61 bits per heavy atom. The Bertz CT molecular complexity index is 426. The predicted molar refractivity (Wildman–Crippen MR) is 69.9 cm³/mol. The molecule has 0 saturated heterocycles. The van der Waals surface area contributed by atoms with Crippen molar-refractivity contribution in [1.29, 1.82) is 0 Å². The highest BCUT2D eigenvalue weighted by molar-refractivity contribution is 9.10. The summed E-state index contributed by atoms with van der Waals surface area (Å²) in [4.78, 5) is 25.8. The lowest BCUT2D eigenvalue weighted by molar-refractivity contribution is -0.112. The zero-order valence-corrected chi connectivity index (χ0v) is 11.6. The Hall–Kier alpha value is -1.43. The molecule has 18 heavy (non-hydrogen) atoms. The molecule has 1 heterocycles. The third-order valence-corrected chi connectivity index (χ3v) is 3.05. The van der Waals surface area contributed by atoms with Gasteiger partial charge < -0.3 is 15.3 Å². The van der Waals surface area contributed by atoms with E-state index in [9.17, 15) is 9.59 Å². The van der Waals surface area contributed by atoms with Crippen molar-refractivity contribution in [3.8, 4) is 0 Å².